The van der Waals surface area contributed by atoms with Crippen molar-refractivity contribution in [3.05, 3.63) is 54.1 Å². The minimum atomic E-state index is -0.384. The van der Waals surface area contributed by atoms with Gasteiger partial charge in [0.2, 0.25) is 0 Å². The Balaban J connectivity index is 1.52. The number of anilines is 1. The average Bonchev–Trinajstić information content (AvgIpc) is 2.88. The van der Waals surface area contributed by atoms with Crippen molar-refractivity contribution in [3.8, 4) is 5.75 Å². The summed E-state index contributed by atoms with van der Waals surface area (Å²) in [5, 5.41) is 5.64. The normalized spacial score (nSPS) is 17.2. The first-order valence-corrected chi connectivity index (χ1v) is 9.33. The number of amides is 2. The lowest BCUT2D eigenvalue weighted by Crippen LogP contribution is -2.41. The van der Waals surface area contributed by atoms with Crippen LogP contribution in [-0.4, -0.2) is 31.5 Å². The van der Waals surface area contributed by atoms with Crippen LogP contribution in [0.3, 0.4) is 0 Å². The fraction of sp³-hybridized carbons (Fsp3) is 0.381. The molecule has 1 heterocycles. The topological polar surface area (TPSA) is 68.8 Å². The summed E-state index contributed by atoms with van der Waals surface area (Å²) in [7, 11) is 1.22. The van der Waals surface area contributed by atoms with E-state index in [2.05, 4.69) is 10.6 Å². The molecule has 0 atom stereocenters. The summed E-state index contributed by atoms with van der Waals surface area (Å²) in [6, 6.07) is 14.8. The number of nitrogens with one attached hydrogen (secondary N) is 2. The third kappa shape index (κ3) is 4.48. The Morgan fingerprint density at radius 3 is 2.07 bits per heavy atom. The number of urea groups is 1. The van der Waals surface area contributed by atoms with Gasteiger partial charge >= 0.3 is 13.1 Å². The maximum Gasteiger partial charge on any atom is 0.494 e. The molecule has 0 aromatic heterocycles. The highest BCUT2D eigenvalue weighted by Gasteiger charge is 2.51. The van der Waals surface area contributed by atoms with Gasteiger partial charge in [-0.1, -0.05) is 24.3 Å². The summed E-state index contributed by atoms with van der Waals surface area (Å²) in [5.41, 5.74) is 1.93. The van der Waals surface area contributed by atoms with Crippen LogP contribution in [0.1, 0.15) is 33.3 Å². The summed E-state index contributed by atoms with van der Waals surface area (Å²) in [5.74, 6) is 0.744. The molecule has 1 aliphatic rings. The monoisotopic (exact) mass is 382 g/mol. The van der Waals surface area contributed by atoms with E-state index in [0.29, 0.717) is 12.2 Å². The Hall–Kier alpha value is -2.51. The van der Waals surface area contributed by atoms with Crippen molar-refractivity contribution < 1.29 is 18.8 Å². The molecule has 2 aromatic carbocycles. The van der Waals surface area contributed by atoms with Crippen molar-refractivity contribution in [1.29, 1.82) is 0 Å². The summed E-state index contributed by atoms with van der Waals surface area (Å²) in [4.78, 5) is 12.1. The van der Waals surface area contributed by atoms with Crippen LogP contribution < -0.4 is 20.8 Å². The lowest BCUT2D eigenvalue weighted by molar-refractivity contribution is 0.00578. The SMILES string of the molecule is COc1ccc(NC(=O)NCc2ccc(B3OC(C)(C)C(C)(C)O3)cc2)cc1. The highest BCUT2D eigenvalue weighted by molar-refractivity contribution is 6.62. The van der Waals surface area contributed by atoms with Crippen molar-refractivity contribution in [3.63, 3.8) is 0 Å². The number of carbonyl (C=O) groups excluding carboxylic acids is 1. The van der Waals surface area contributed by atoms with E-state index >= 15 is 0 Å². The molecule has 0 spiro atoms. The molecule has 28 heavy (non-hydrogen) atoms. The molecule has 6 nitrogen and oxygen atoms in total. The number of rotatable bonds is 5. The standard InChI is InChI=1S/C21H27BN2O4/c1-20(2)21(3,4)28-22(27-20)16-8-6-15(7-9-16)14-23-19(25)24-17-10-12-18(26-5)13-11-17/h6-13H,14H2,1-5H3,(H2,23,24,25). The van der Waals surface area contributed by atoms with Gasteiger partial charge in [-0.25, -0.2) is 4.79 Å². The third-order valence-corrected chi connectivity index (χ3v) is 5.31. The Morgan fingerprint density at radius 1 is 0.964 bits per heavy atom. The lowest BCUT2D eigenvalue weighted by atomic mass is 9.79. The van der Waals surface area contributed by atoms with Crippen LogP contribution in [0.2, 0.25) is 0 Å². The Morgan fingerprint density at radius 2 is 1.54 bits per heavy atom. The molecule has 148 valence electrons. The highest BCUT2D eigenvalue weighted by Crippen LogP contribution is 2.36. The third-order valence-electron chi connectivity index (χ3n) is 5.31. The Kier molecular flexibility index (Phi) is 5.68. The van der Waals surface area contributed by atoms with Crippen LogP contribution in [0.5, 0.6) is 5.75 Å². The van der Waals surface area contributed by atoms with Gasteiger partial charge in [-0.3, -0.25) is 0 Å². The molecular weight excluding hydrogens is 355 g/mol. The van der Waals surface area contributed by atoms with E-state index in [9.17, 15) is 4.79 Å². The fourth-order valence-electron chi connectivity index (χ4n) is 2.80. The molecule has 0 unspecified atom stereocenters. The average molecular weight is 382 g/mol. The van der Waals surface area contributed by atoms with Crippen LogP contribution in [0.25, 0.3) is 0 Å². The smallest absolute Gasteiger partial charge is 0.494 e. The first kappa shape index (κ1) is 20.2. The molecular formula is C21H27BN2O4. The van der Waals surface area contributed by atoms with E-state index in [4.69, 9.17) is 14.0 Å². The number of benzene rings is 2. The van der Waals surface area contributed by atoms with Crippen molar-refractivity contribution in [2.24, 2.45) is 0 Å². The van der Waals surface area contributed by atoms with Gasteiger partial charge in [-0.15, -0.1) is 0 Å². The van der Waals surface area contributed by atoms with Gasteiger partial charge in [0, 0.05) is 12.2 Å². The van der Waals surface area contributed by atoms with E-state index in [0.717, 1.165) is 16.8 Å². The molecule has 3 rings (SSSR count). The zero-order chi connectivity index (χ0) is 20.4. The molecule has 7 heteroatoms. The van der Waals surface area contributed by atoms with Gasteiger partial charge in [0.05, 0.1) is 18.3 Å². The van der Waals surface area contributed by atoms with Crippen molar-refractivity contribution >= 4 is 24.3 Å². The molecule has 2 N–H and O–H groups in total. The van der Waals surface area contributed by atoms with Crippen molar-refractivity contribution in [1.82, 2.24) is 5.32 Å². The van der Waals surface area contributed by atoms with Gasteiger partial charge in [0.25, 0.3) is 0 Å². The van der Waals surface area contributed by atoms with Crippen LogP contribution >= 0.6 is 0 Å². The van der Waals surface area contributed by atoms with Crippen LogP contribution in [0.15, 0.2) is 48.5 Å². The van der Waals surface area contributed by atoms with E-state index in [1.54, 1.807) is 31.4 Å². The number of ether oxygens (including phenoxy) is 1. The van der Waals surface area contributed by atoms with Crippen molar-refractivity contribution in [2.75, 3.05) is 12.4 Å². The second-order valence-corrected chi connectivity index (χ2v) is 7.87. The molecule has 1 saturated heterocycles. The van der Waals surface area contributed by atoms with Gasteiger partial charge in [0.15, 0.2) is 0 Å². The first-order valence-electron chi connectivity index (χ1n) is 9.33. The molecule has 1 aliphatic heterocycles. The molecule has 0 saturated carbocycles. The minimum Gasteiger partial charge on any atom is -0.497 e. The maximum atomic E-state index is 12.1. The van der Waals surface area contributed by atoms with Gasteiger partial charge in [-0.05, 0) is 63.0 Å². The molecule has 2 amide bonds. The van der Waals surface area contributed by atoms with E-state index in [1.807, 2.05) is 52.0 Å². The van der Waals surface area contributed by atoms with E-state index in [-0.39, 0.29) is 24.4 Å². The van der Waals surface area contributed by atoms with Gasteiger partial charge in [-0.2, -0.15) is 0 Å². The Labute approximate surface area is 166 Å². The zero-order valence-electron chi connectivity index (χ0n) is 17.0. The summed E-state index contributed by atoms with van der Waals surface area (Å²) in [6.45, 7) is 8.56. The quantitative estimate of drug-likeness (QED) is 0.779. The molecule has 0 aliphatic carbocycles. The van der Waals surface area contributed by atoms with Crippen LogP contribution in [0, 0.1) is 0 Å². The number of carbonyl (C=O) groups is 1. The number of hydrogen-bond donors (Lipinski definition) is 2. The van der Waals surface area contributed by atoms with Gasteiger partial charge < -0.3 is 24.7 Å². The van der Waals surface area contributed by atoms with Gasteiger partial charge in [0.1, 0.15) is 5.75 Å². The summed E-state index contributed by atoms with van der Waals surface area (Å²) < 4.78 is 17.2. The second kappa shape index (κ2) is 7.85. The zero-order valence-corrected chi connectivity index (χ0v) is 17.0. The predicted octanol–water partition coefficient (Wildman–Crippen LogP) is 3.32. The fourth-order valence-corrected chi connectivity index (χ4v) is 2.80. The summed E-state index contributed by atoms with van der Waals surface area (Å²) >= 11 is 0. The predicted molar refractivity (Wildman–Crippen MR) is 111 cm³/mol. The highest BCUT2D eigenvalue weighted by atomic mass is 16.7. The van der Waals surface area contributed by atoms with E-state index in [1.165, 1.54) is 0 Å². The number of methoxy groups -OCH3 is 1. The minimum absolute atomic E-state index is 0.264. The Bertz CT molecular complexity index is 803. The van der Waals surface area contributed by atoms with Crippen LogP contribution in [0.4, 0.5) is 10.5 Å². The van der Waals surface area contributed by atoms with E-state index < -0.39 is 0 Å². The lowest BCUT2D eigenvalue weighted by Gasteiger charge is -2.32. The molecule has 2 aromatic rings. The van der Waals surface area contributed by atoms with Crippen LogP contribution in [-0.2, 0) is 15.9 Å². The molecule has 0 radical (unpaired) electrons. The summed E-state index contributed by atoms with van der Waals surface area (Å²) in [6.07, 6.45) is 0. The maximum absolute atomic E-state index is 12.1. The largest absolute Gasteiger partial charge is 0.497 e. The second-order valence-electron chi connectivity index (χ2n) is 7.87. The van der Waals surface area contributed by atoms with Crippen molar-refractivity contribution in [2.45, 2.75) is 45.4 Å². The first-order chi connectivity index (χ1) is 13.2. The molecule has 1 fully saturated rings. The number of hydrogen-bond acceptors (Lipinski definition) is 4. The molecule has 0 bridgehead atoms.